The fourth-order valence-electron chi connectivity index (χ4n) is 6.19. The van der Waals surface area contributed by atoms with Gasteiger partial charge in [-0.15, -0.1) is 11.3 Å². The molecular weight excluding hydrogens is 568 g/mol. The van der Waals surface area contributed by atoms with Crippen LogP contribution < -0.4 is 4.72 Å². The molecule has 1 aromatic heterocycles. The van der Waals surface area contributed by atoms with Crippen LogP contribution >= 0.6 is 22.9 Å². The molecule has 0 saturated carbocycles. The third kappa shape index (κ3) is 5.78. The zero-order valence-electron chi connectivity index (χ0n) is 22.2. The van der Waals surface area contributed by atoms with E-state index in [0.29, 0.717) is 31.0 Å². The van der Waals surface area contributed by atoms with Crippen LogP contribution in [0, 0.1) is 0 Å². The van der Waals surface area contributed by atoms with E-state index >= 15 is 0 Å². The minimum Gasteiger partial charge on any atom is -0.337 e. The molecule has 2 fully saturated rings. The number of carbonyl (C=O) groups excluding carboxylic acids is 2. The number of nitrogens with zero attached hydrogens (tertiary/aromatic N) is 3. The molecule has 0 bridgehead atoms. The number of piperidine rings is 1. The molecule has 3 aromatic rings. The standard InChI is InChI=1S/C29H33ClN4O4S2/c30-23-9-10-26-22(15-23)16-28(39-26)40(37,38)31-25-8-4-12-33(29(25)36)19-27(35)34-13-3-7-24(34)18-32-14-11-20-5-1-2-6-21(20)17-32/h1-2,5-6,9-10,15-16,24-25,31H,3-4,7-8,11-14,17-19H2/t24-,25-/m0/s1. The molecule has 2 aromatic carbocycles. The number of amides is 2. The van der Waals surface area contributed by atoms with Crippen LogP contribution in [0.25, 0.3) is 10.1 Å². The number of halogens is 1. The Hall–Kier alpha value is -2.50. The minimum atomic E-state index is -3.90. The summed E-state index contributed by atoms with van der Waals surface area (Å²) in [6.45, 7) is 3.84. The fraction of sp³-hybridized carbons (Fsp3) is 0.448. The second-order valence-electron chi connectivity index (χ2n) is 11.0. The minimum absolute atomic E-state index is 0.0161. The van der Waals surface area contributed by atoms with Gasteiger partial charge < -0.3 is 9.80 Å². The lowest BCUT2D eigenvalue weighted by molar-refractivity contribution is -0.143. The topological polar surface area (TPSA) is 90.0 Å². The van der Waals surface area contributed by atoms with Gasteiger partial charge in [0.15, 0.2) is 0 Å². The maximum absolute atomic E-state index is 13.4. The molecule has 0 spiro atoms. The summed E-state index contributed by atoms with van der Waals surface area (Å²) < 4.78 is 29.9. The average Bonchev–Trinajstić information content (AvgIpc) is 3.58. The van der Waals surface area contributed by atoms with Crippen LogP contribution in [0.5, 0.6) is 0 Å². The van der Waals surface area contributed by atoms with Gasteiger partial charge in [0, 0.05) is 48.5 Å². The van der Waals surface area contributed by atoms with E-state index in [1.807, 2.05) is 4.90 Å². The quantitative estimate of drug-likeness (QED) is 0.445. The Morgan fingerprint density at radius 1 is 1.02 bits per heavy atom. The third-order valence-corrected chi connectivity index (χ3v) is 11.5. The second kappa shape index (κ2) is 11.4. The molecule has 212 valence electrons. The predicted octanol–water partition coefficient (Wildman–Crippen LogP) is 3.87. The number of fused-ring (bicyclic) bond motifs is 2. The Kier molecular flexibility index (Phi) is 7.89. The summed E-state index contributed by atoms with van der Waals surface area (Å²) in [7, 11) is -3.90. The van der Waals surface area contributed by atoms with Crippen molar-refractivity contribution in [2.45, 2.75) is 54.9 Å². The molecule has 1 N–H and O–H groups in total. The summed E-state index contributed by atoms with van der Waals surface area (Å²) in [5.41, 5.74) is 2.76. The molecule has 2 saturated heterocycles. The molecule has 2 atom stereocenters. The maximum atomic E-state index is 13.4. The highest BCUT2D eigenvalue weighted by Crippen LogP contribution is 2.31. The van der Waals surface area contributed by atoms with Gasteiger partial charge in [-0.05, 0) is 72.9 Å². The van der Waals surface area contributed by atoms with Crippen LogP contribution in [0.2, 0.25) is 5.02 Å². The molecule has 3 aliphatic heterocycles. The van der Waals surface area contributed by atoms with Gasteiger partial charge in [-0.1, -0.05) is 35.9 Å². The number of thiophene rings is 1. The highest BCUT2D eigenvalue weighted by atomic mass is 35.5. The summed E-state index contributed by atoms with van der Waals surface area (Å²) in [5.74, 6) is -0.395. The van der Waals surface area contributed by atoms with Crippen LogP contribution in [0.1, 0.15) is 36.8 Å². The van der Waals surface area contributed by atoms with Crippen molar-refractivity contribution >= 4 is 54.9 Å². The zero-order valence-corrected chi connectivity index (χ0v) is 24.6. The van der Waals surface area contributed by atoms with E-state index in [9.17, 15) is 18.0 Å². The van der Waals surface area contributed by atoms with Crippen molar-refractivity contribution in [2.24, 2.45) is 0 Å². The Balaban J connectivity index is 1.07. The van der Waals surface area contributed by atoms with Crippen LogP contribution in [0.15, 0.2) is 52.7 Å². The smallest absolute Gasteiger partial charge is 0.250 e. The Bertz CT molecular complexity index is 1540. The monoisotopic (exact) mass is 600 g/mol. The van der Waals surface area contributed by atoms with E-state index in [1.165, 1.54) is 16.0 Å². The van der Waals surface area contributed by atoms with Crippen LogP contribution in [-0.4, -0.2) is 79.7 Å². The first-order chi connectivity index (χ1) is 19.3. The summed E-state index contributed by atoms with van der Waals surface area (Å²) in [6.07, 6.45) is 3.97. The third-order valence-electron chi connectivity index (χ3n) is 8.25. The number of rotatable bonds is 7. The number of hydrogen-bond acceptors (Lipinski definition) is 6. The first kappa shape index (κ1) is 27.7. The van der Waals surface area contributed by atoms with E-state index < -0.39 is 16.1 Å². The Morgan fingerprint density at radius 3 is 2.67 bits per heavy atom. The lowest BCUT2D eigenvalue weighted by Crippen LogP contribution is -2.55. The summed E-state index contributed by atoms with van der Waals surface area (Å²) in [4.78, 5) is 32.6. The highest BCUT2D eigenvalue weighted by Gasteiger charge is 2.37. The normalized spacial score (nSPS) is 22.2. The lowest BCUT2D eigenvalue weighted by Gasteiger charge is -2.36. The molecule has 3 aliphatic rings. The van der Waals surface area contributed by atoms with Gasteiger partial charge in [-0.25, -0.2) is 8.42 Å². The van der Waals surface area contributed by atoms with E-state index in [4.69, 9.17) is 11.6 Å². The molecule has 6 rings (SSSR count). The highest BCUT2D eigenvalue weighted by molar-refractivity contribution is 7.91. The van der Waals surface area contributed by atoms with Gasteiger partial charge in [-0.2, -0.15) is 4.72 Å². The van der Waals surface area contributed by atoms with Crippen LogP contribution in [-0.2, 0) is 32.6 Å². The molecule has 0 aliphatic carbocycles. The Morgan fingerprint density at radius 2 is 1.82 bits per heavy atom. The van der Waals surface area contributed by atoms with Crippen LogP contribution in [0.4, 0.5) is 0 Å². The molecule has 4 heterocycles. The van der Waals surface area contributed by atoms with Crippen molar-refractivity contribution in [3.8, 4) is 0 Å². The average molecular weight is 601 g/mol. The first-order valence-electron chi connectivity index (χ1n) is 13.9. The number of sulfonamides is 1. The maximum Gasteiger partial charge on any atom is 0.250 e. The van der Waals surface area contributed by atoms with Crippen molar-refractivity contribution in [3.63, 3.8) is 0 Å². The number of carbonyl (C=O) groups is 2. The molecule has 0 radical (unpaired) electrons. The fourth-order valence-corrected chi connectivity index (χ4v) is 8.99. The number of hydrogen-bond donors (Lipinski definition) is 1. The van der Waals surface area contributed by atoms with Crippen molar-refractivity contribution in [1.29, 1.82) is 0 Å². The van der Waals surface area contributed by atoms with Crippen molar-refractivity contribution in [3.05, 3.63) is 64.7 Å². The molecule has 2 amide bonds. The largest absolute Gasteiger partial charge is 0.337 e. The van der Waals surface area contributed by atoms with Crippen molar-refractivity contribution < 1.29 is 18.0 Å². The van der Waals surface area contributed by atoms with Gasteiger partial charge in [0.1, 0.15) is 10.3 Å². The summed E-state index contributed by atoms with van der Waals surface area (Å²) in [5, 5.41) is 1.28. The first-order valence-corrected chi connectivity index (χ1v) is 16.5. The van der Waals surface area contributed by atoms with Crippen LogP contribution in [0.3, 0.4) is 0 Å². The van der Waals surface area contributed by atoms with E-state index in [0.717, 1.165) is 60.3 Å². The summed E-state index contributed by atoms with van der Waals surface area (Å²) in [6, 6.07) is 14.6. The molecule has 0 unspecified atom stereocenters. The van der Waals surface area contributed by atoms with Gasteiger partial charge in [0.2, 0.25) is 11.8 Å². The van der Waals surface area contributed by atoms with Gasteiger partial charge in [-0.3, -0.25) is 14.5 Å². The van der Waals surface area contributed by atoms with Crippen molar-refractivity contribution in [2.75, 3.05) is 32.7 Å². The molecular formula is C29H33ClN4O4S2. The lowest BCUT2D eigenvalue weighted by atomic mass is 9.99. The predicted molar refractivity (Wildman–Crippen MR) is 157 cm³/mol. The van der Waals surface area contributed by atoms with E-state index in [-0.39, 0.29) is 28.6 Å². The SMILES string of the molecule is O=C1[C@@H](NS(=O)(=O)c2cc3cc(Cl)ccc3s2)CCCN1CC(=O)N1CCC[C@H]1CN1CCc2ccccc2C1. The van der Waals surface area contributed by atoms with Crippen molar-refractivity contribution in [1.82, 2.24) is 19.4 Å². The number of likely N-dealkylation sites (tertiary alicyclic amines) is 2. The van der Waals surface area contributed by atoms with Gasteiger partial charge in [0.05, 0.1) is 6.54 Å². The van der Waals surface area contributed by atoms with E-state index in [1.54, 1.807) is 24.3 Å². The molecule has 11 heteroatoms. The molecule has 40 heavy (non-hydrogen) atoms. The van der Waals surface area contributed by atoms with Gasteiger partial charge in [0.25, 0.3) is 10.0 Å². The van der Waals surface area contributed by atoms with Gasteiger partial charge >= 0.3 is 0 Å². The Labute approximate surface area is 243 Å². The number of benzene rings is 2. The zero-order chi connectivity index (χ0) is 27.9. The number of nitrogens with one attached hydrogen (secondary N) is 1. The molecule has 8 nitrogen and oxygen atoms in total. The second-order valence-corrected chi connectivity index (χ2v) is 14.4. The summed E-state index contributed by atoms with van der Waals surface area (Å²) >= 11 is 7.20. The van der Waals surface area contributed by atoms with E-state index in [2.05, 4.69) is 33.9 Å².